The molecular formula is C8H13O. The quantitative estimate of drug-likeness (QED) is 0.482. The number of rotatable bonds is 0. The molecule has 0 N–H and O–H groups in total. The molecule has 1 aliphatic heterocycles. The molecule has 1 heterocycles. The highest BCUT2D eigenvalue weighted by Crippen LogP contribution is 2.35. The molecule has 0 bridgehead atoms. The minimum Gasteiger partial charge on any atom is -0.372 e. The van der Waals surface area contributed by atoms with Crippen LogP contribution in [0.2, 0.25) is 0 Å². The van der Waals surface area contributed by atoms with Crippen LogP contribution in [0.25, 0.3) is 0 Å². The van der Waals surface area contributed by atoms with E-state index in [0.717, 1.165) is 5.92 Å². The van der Waals surface area contributed by atoms with Crippen molar-refractivity contribution in [3.05, 3.63) is 6.61 Å². The minimum absolute atomic E-state index is 0.610. The number of fused-ring (bicyclic) bond motifs is 1. The fraction of sp³-hybridized carbons (Fsp3) is 0.875. The van der Waals surface area contributed by atoms with Gasteiger partial charge in [-0.1, -0.05) is 6.42 Å². The summed E-state index contributed by atoms with van der Waals surface area (Å²) in [5.41, 5.74) is 0. The minimum atomic E-state index is 0.610. The predicted octanol–water partition coefficient (Wildman–Crippen LogP) is 2.13. The van der Waals surface area contributed by atoms with Crippen molar-refractivity contribution in [2.75, 3.05) is 0 Å². The van der Waals surface area contributed by atoms with Gasteiger partial charge in [-0.05, 0) is 31.6 Å². The average Bonchev–Trinajstić information content (AvgIpc) is 2.33. The first kappa shape index (κ1) is 5.72. The topological polar surface area (TPSA) is 9.23 Å². The van der Waals surface area contributed by atoms with Crippen molar-refractivity contribution >= 4 is 0 Å². The highest BCUT2D eigenvalue weighted by Gasteiger charge is 2.30. The number of ether oxygens (including phenoxy) is 1. The monoisotopic (exact) mass is 125 g/mol. The molecule has 2 rings (SSSR count). The van der Waals surface area contributed by atoms with Crippen LogP contribution in [0.1, 0.15) is 32.1 Å². The Morgan fingerprint density at radius 1 is 1.22 bits per heavy atom. The van der Waals surface area contributed by atoms with E-state index in [1.807, 2.05) is 6.61 Å². The first-order chi connectivity index (χ1) is 4.47. The first-order valence-corrected chi connectivity index (χ1v) is 3.94. The van der Waals surface area contributed by atoms with Gasteiger partial charge < -0.3 is 4.74 Å². The van der Waals surface area contributed by atoms with E-state index in [2.05, 4.69) is 0 Å². The van der Waals surface area contributed by atoms with Crippen LogP contribution >= 0.6 is 0 Å². The van der Waals surface area contributed by atoms with Gasteiger partial charge in [0, 0.05) is 0 Å². The zero-order valence-electron chi connectivity index (χ0n) is 5.68. The lowest BCUT2D eigenvalue weighted by molar-refractivity contribution is 0.0353. The van der Waals surface area contributed by atoms with Crippen molar-refractivity contribution in [2.24, 2.45) is 5.92 Å². The fourth-order valence-corrected chi connectivity index (χ4v) is 1.99. The summed E-state index contributed by atoms with van der Waals surface area (Å²) in [7, 11) is 0. The Labute approximate surface area is 56.4 Å². The van der Waals surface area contributed by atoms with Gasteiger partial charge in [-0.15, -0.1) is 0 Å². The molecular weight excluding hydrogens is 112 g/mol. The molecule has 9 heavy (non-hydrogen) atoms. The number of hydrogen-bond donors (Lipinski definition) is 0. The third-order valence-electron chi connectivity index (χ3n) is 2.52. The Bertz CT molecular complexity index is 88.7. The molecule has 0 aromatic heterocycles. The second-order valence-electron chi connectivity index (χ2n) is 3.11. The van der Waals surface area contributed by atoms with Crippen LogP contribution in [0.15, 0.2) is 0 Å². The van der Waals surface area contributed by atoms with Crippen LogP contribution in [0.5, 0.6) is 0 Å². The van der Waals surface area contributed by atoms with Gasteiger partial charge in [-0.3, -0.25) is 0 Å². The molecule has 1 saturated carbocycles. The maximum Gasteiger partial charge on any atom is 0.0840 e. The summed E-state index contributed by atoms with van der Waals surface area (Å²) in [6.45, 7) is 1.99. The lowest BCUT2D eigenvalue weighted by Gasteiger charge is -2.24. The molecule has 1 saturated heterocycles. The van der Waals surface area contributed by atoms with Crippen molar-refractivity contribution in [1.82, 2.24) is 0 Å². The molecule has 1 heteroatoms. The van der Waals surface area contributed by atoms with Crippen molar-refractivity contribution in [3.8, 4) is 0 Å². The molecule has 2 unspecified atom stereocenters. The maximum atomic E-state index is 5.48. The van der Waals surface area contributed by atoms with Crippen molar-refractivity contribution in [1.29, 1.82) is 0 Å². The van der Waals surface area contributed by atoms with E-state index in [1.165, 1.54) is 32.1 Å². The number of hydrogen-bond acceptors (Lipinski definition) is 1. The van der Waals surface area contributed by atoms with Crippen LogP contribution < -0.4 is 0 Å². The van der Waals surface area contributed by atoms with Crippen LogP contribution in [-0.2, 0) is 4.74 Å². The Kier molecular flexibility index (Phi) is 1.46. The van der Waals surface area contributed by atoms with Gasteiger partial charge in [0.05, 0.1) is 12.7 Å². The van der Waals surface area contributed by atoms with Crippen LogP contribution in [-0.4, -0.2) is 6.10 Å². The van der Waals surface area contributed by atoms with E-state index in [0.29, 0.717) is 6.10 Å². The second-order valence-corrected chi connectivity index (χ2v) is 3.11. The fourth-order valence-electron chi connectivity index (χ4n) is 1.99. The predicted molar refractivity (Wildman–Crippen MR) is 35.7 cm³/mol. The largest absolute Gasteiger partial charge is 0.372 e. The lowest BCUT2D eigenvalue weighted by atomic mass is 9.98. The molecule has 1 radical (unpaired) electrons. The second kappa shape index (κ2) is 2.30. The van der Waals surface area contributed by atoms with E-state index < -0.39 is 0 Å². The molecule has 0 spiro atoms. The molecule has 0 aromatic rings. The zero-order chi connectivity index (χ0) is 6.10. The van der Waals surface area contributed by atoms with E-state index in [-0.39, 0.29) is 0 Å². The third kappa shape index (κ3) is 0.983. The molecule has 1 aliphatic carbocycles. The molecule has 0 aromatic carbocycles. The Hall–Kier alpha value is -0.0400. The standard InChI is InChI=1S/C8H13O/c1-3-7-4-2-6-9-8(7)5-1/h6-8H,1-5H2. The van der Waals surface area contributed by atoms with Crippen LogP contribution in [0.4, 0.5) is 0 Å². The Morgan fingerprint density at radius 3 is 3.11 bits per heavy atom. The summed E-state index contributed by atoms with van der Waals surface area (Å²) in [4.78, 5) is 0. The van der Waals surface area contributed by atoms with Crippen molar-refractivity contribution < 1.29 is 4.74 Å². The van der Waals surface area contributed by atoms with Gasteiger partial charge in [0.2, 0.25) is 0 Å². The SMILES string of the molecule is [CH]1CCC2CCCC2O1. The van der Waals surface area contributed by atoms with Gasteiger partial charge in [-0.2, -0.15) is 0 Å². The van der Waals surface area contributed by atoms with Gasteiger partial charge in [0.15, 0.2) is 0 Å². The third-order valence-corrected chi connectivity index (χ3v) is 2.52. The summed E-state index contributed by atoms with van der Waals surface area (Å²) in [6.07, 6.45) is 7.29. The Balaban J connectivity index is 1.97. The molecule has 1 nitrogen and oxygen atoms in total. The molecule has 2 atom stereocenters. The van der Waals surface area contributed by atoms with E-state index >= 15 is 0 Å². The summed E-state index contributed by atoms with van der Waals surface area (Å²) >= 11 is 0. The smallest absolute Gasteiger partial charge is 0.0840 e. The first-order valence-electron chi connectivity index (χ1n) is 3.94. The van der Waals surface area contributed by atoms with Crippen molar-refractivity contribution in [2.45, 2.75) is 38.2 Å². The van der Waals surface area contributed by atoms with Gasteiger partial charge in [0.1, 0.15) is 0 Å². The van der Waals surface area contributed by atoms with E-state index in [4.69, 9.17) is 4.74 Å². The highest BCUT2D eigenvalue weighted by molar-refractivity contribution is 4.83. The molecule has 0 amide bonds. The van der Waals surface area contributed by atoms with Crippen molar-refractivity contribution in [3.63, 3.8) is 0 Å². The highest BCUT2D eigenvalue weighted by atomic mass is 16.5. The molecule has 2 aliphatic rings. The average molecular weight is 125 g/mol. The van der Waals surface area contributed by atoms with Crippen LogP contribution in [0, 0.1) is 12.5 Å². The summed E-state index contributed by atoms with van der Waals surface area (Å²) in [6, 6.07) is 0. The lowest BCUT2D eigenvalue weighted by Crippen LogP contribution is -2.21. The summed E-state index contributed by atoms with van der Waals surface area (Å²) < 4.78 is 5.48. The summed E-state index contributed by atoms with van der Waals surface area (Å²) in [5.74, 6) is 0.912. The Morgan fingerprint density at radius 2 is 2.22 bits per heavy atom. The van der Waals surface area contributed by atoms with Gasteiger partial charge >= 0.3 is 0 Å². The summed E-state index contributed by atoms with van der Waals surface area (Å²) in [5, 5.41) is 0. The van der Waals surface area contributed by atoms with Gasteiger partial charge in [-0.25, -0.2) is 0 Å². The van der Waals surface area contributed by atoms with Crippen LogP contribution in [0.3, 0.4) is 0 Å². The molecule has 51 valence electrons. The zero-order valence-corrected chi connectivity index (χ0v) is 5.68. The van der Waals surface area contributed by atoms with E-state index in [9.17, 15) is 0 Å². The molecule has 2 fully saturated rings. The van der Waals surface area contributed by atoms with Gasteiger partial charge in [0.25, 0.3) is 0 Å². The van der Waals surface area contributed by atoms with E-state index in [1.54, 1.807) is 0 Å². The normalized spacial score (nSPS) is 42.7. The maximum absolute atomic E-state index is 5.48.